The summed E-state index contributed by atoms with van der Waals surface area (Å²) in [5, 5.41) is 0.723. The standard InChI is InChI=1S/C12H6Cl2NO/c13-11-6-2-5-10(15-11)9-4-1-3-8(7-16)12(9)14/h1-6H. The Balaban J connectivity index is 2.60. The van der Waals surface area contributed by atoms with Crippen LogP contribution < -0.4 is 0 Å². The minimum absolute atomic E-state index is 0.320. The Hall–Kier alpha value is -1.38. The molecule has 79 valence electrons. The third-order valence-corrected chi connectivity index (χ3v) is 2.72. The first-order chi connectivity index (χ1) is 7.72. The molecule has 2 rings (SSSR count). The van der Waals surface area contributed by atoms with Crippen molar-refractivity contribution in [2.24, 2.45) is 0 Å². The first-order valence-corrected chi connectivity index (χ1v) is 5.27. The van der Waals surface area contributed by atoms with Gasteiger partial charge in [-0.2, -0.15) is 0 Å². The molecule has 0 N–H and O–H groups in total. The Morgan fingerprint density at radius 1 is 1.06 bits per heavy atom. The van der Waals surface area contributed by atoms with E-state index >= 15 is 0 Å². The lowest BCUT2D eigenvalue weighted by Crippen LogP contribution is -1.89. The Bertz CT molecular complexity index is 540. The van der Waals surface area contributed by atoms with E-state index in [1.807, 2.05) is 0 Å². The van der Waals surface area contributed by atoms with Gasteiger partial charge in [-0.25, -0.2) is 4.98 Å². The fraction of sp³-hybridized carbons (Fsp3) is 0. The Labute approximate surface area is 103 Å². The van der Waals surface area contributed by atoms with Crippen molar-refractivity contribution in [3.8, 4) is 11.3 Å². The van der Waals surface area contributed by atoms with Crippen LogP contribution in [-0.4, -0.2) is 11.3 Å². The average Bonchev–Trinajstić information content (AvgIpc) is 2.29. The van der Waals surface area contributed by atoms with E-state index < -0.39 is 0 Å². The SMILES string of the molecule is O=[C]c1cccc(-c2cccc(Cl)n2)c1Cl. The monoisotopic (exact) mass is 250 g/mol. The predicted molar refractivity (Wildman–Crippen MR) is 64.5 cm³/mol. The molecule has 0 saturated carbocycles. The van der Waals surface area contributed by atoms with E-state index in [0.29, 0.717) is 27.0 Å². The minimum Gasteiger partial charge on any atom is -0.285 e. The number of benzene rings is 1. The zero-order valence-electron chi connectivity index (χ0n) is 8.08. The topological polar surface area (TPSA) is 30.0 Å². The molecule has 0 fully saturated rings. The number of nitrogens with zero attached hydrogens (tertiary/aromatic N) is 1. The third kappa shape index (κ3) is 2.08. The van der Waals surface area contributed by atoms with E-state index in [-0.39, 0.29) is 0 Å². The summed E-state index contributed by atoms with van der Waals surface area (Å²) in [4.78, 5) is 14.8. The molecule has 0 atom stereocenters. The molecule has 1 heterocycles. The Kier molecular flexibility index (Phi) is 3.22. The molecule has 0 saturated heterocycles. The number of hydrogen-bond donors (Lipinski definition) is 0. The first-order valence-electron chi connectivity index (χ1n) is 4.52. The predicted octanol–water partition coefficient (Wildman–Crippen LogP) is 3.51. The molecule has 0 aliphatic rings. The van der Waals surface area contributed by atoms with Gasteiger partial charge in [0.15, 0.2) is 0 Å². The zero-order chi connectivity index (χ0) is 11.5. The van der Waals surface area contributed by atoms with Gasteiger partial charge in [0.2, 0.25) is 6.29 Å². The summed E-state index contributed by atoms with van der Waals surface area (Å²) in [6.07, 6.45) is 1.78. The highest BCUT2D eigenvalue weighted by Crippen LogP contribution is 2.29. The molecule has 0 bridgehead atoms. The largest absolute Gasteiger partial charge is 0.285 e. The molecule has 1 aromatic heterocycles. The van der Waals surface area contributed by atoms with Crippen molar-refractivity contribution in [2.75, 3.05) is 0 Å². The van der Waals surface area contributed by atoms with Gasteiger partial charge in [0.25, 0.3) is 0 Å². The second-order valence-electron chi connectivity index (χ2n) is 3.11. The van der Waals surface area contributed by atoms with E-state index in [9.17, 15) is 4.79 Å². The van der Waals surface area contributed by atoms with Gasteiger partial charge in [0, 0.05) is 11.1 Å². The van der Waals surface area contributed by atoms with E-state index in [2.05, 4.69) is 4.98 Å². The van der Waals surface area contributed by atoms with E-state index in [4.69, 9.17) is 23.2 Å². The summed E-state index contributed by atoms with van der Waals surface area (Å²) in [6.45, 7) is 0. The summed E-state index contributed by atoms with van der Waals surface area (Å²) in [6, 6.07) is 10.3. The fourth-order valence-electron chi connectivity index (χ4n) is 1.37. The molecule has 0 spiro atoms. The van der Waals surface area contributed by atoms with Crippen LogP contribution in [0.1, 0.15) is 5.56 Å². The fourth-order valence-corrected chi connectivity index (χ4v) is 1.79. The molecule has 1 aromatic carbocycles. The van der Waals surface area contributed by atoms with Crippen molar-refractivity contribution in [1.29, 1.82) is 0 Å². The van der Waals surface area contributed by atoms with Crippen LogP contribution in [0.4, 0.5) is 0 Å². The van der Waals surface area contributed by atoms with Crippen molar-refractivity contribution < 1.29 is 4.79 Å². The van der Waals surface area contributed by atoms with Gasteiger partial charge in [0.05, 0.1) is 10.7 Å². The summed E-state index contributed by atoms with van der Waals surface area (Å²) in [5.41, 5.74) is 1.63. The molecular formula is C12H6Cl2NO. The number of aromatic nitrogens is 1. The molecule has 2 nitrogen and oxygen atoms in total. The first kappa shape index (κ1) is 11.1. The van der Waals surface area contributed by atoms with Gasteiger partial charge in [0.1, 0.15) is 5.15 Å². The van der Waals surface area contributed by atoms with Crippen LogP contribution in [-0.2, 0) is 4.79 Å². The molecule has 2 aromatic rings. The second kappa shape index (κ2) is 4.64. The normalized spacial score (nSPS) is 10.1. The molecule has 1 radical (unpaired) electrons. The summed E-state index contributed by atoms with van der Waals surface area (Å²) >= 11 is 11.8. The van der Waals surface area contributed by atoms with Crippen molar-refractivity contribution >= 4 is 29.5 Å². The molecule has 0 amide bonds. The number of halogens is 2. The zero-order valence-corrected chi connectivity index (χ0v) is 9.59. The van der Waals surface area contributed by atoms with Crippen LogP contribution in [0.15, 0.2) is 36.4 Å². The quantitative estimate of drug-likeness (QED) is 0.764. The summed E-state index contributed by atoms with van der Waals surface area (Å²) < 4.78 is 0. The lowest BCUT2D eigenvalue weighted by molar-refractivity contribution is 0.563. The van der Waals surface area contributed by atoms with E-state index in [1.54, 1.807) is 42.7 Å². The van der Waals surface area contributed by atoms with Gasteiger partial charge in [-0.3, -0.25) is 4.79 Å². The highest BCUT2D eigenvalue weighted by atomic mass is 35.5. The highest BCUT2D eigenvalue weighted by Gasteiger charge is 2.09. The van der Waals surface area contributed by atoms with E-state index in [1.165, 1.54) is 0 Å². The van der Waals surface area contributed by atoms with Crippen LogP contribution >= 0.6 is 23.2 Å². The van der Waals surface area contributed by atoms with E-state index in [0.717, 1.165) is 0 Å². The molecule has 0 aliphatic heterocycles. The van der Waals surface area contributed by atoms with Crippen molar-refractivity contribution in [3.63, 3.8) is 0 Å². The lowest BCUT2D eigenvalue weighted by Gasteiger charge is -2.05. The van der Waals surface area contributed by atoms with Crippen LogP contribution in [0.25, 0.3) is 11.3 Å². The maximum absolute atomic E-state index is 10.6. The van der Waals surface area contributed by atoms with Crippen LogP contribution in [0.2, 0.25) is 10.2 Å². The van der Waals surface area contributed by atoms with Gasteiger partial charge >= 0.3 is 0 Å². The average molecular weight is 251 g/mol. The van der Waals surface area contributed by atoms with Crippen LogP contribution in [0, 0.1) is 0 Å². The maximum atomic E-state index is 10.6. The van der Waals surface area contributed by atoms with Gasteiger partial charge in [-0.05, 0) is 18.2 Å². The maximum Gasteiger partial charge on any atom is 0.235 e. The number of hydrogen-bond acceptors (Lipinski definition) is 2. The van der Waals surface area contributed by atoms with Gasteiger partial charge in [-0.1, -0.05) is 41.4 Å². The van der Waals surface area contributed by atoms with Crippen LogP contribution in [0.5, 0.6) is 0 Å². The number of carbonyl (C=O) groups excluding carboxylic acids is 1. The molecule has 16 heavy (non-hydrogen) atoms. The Morgan fingerprint density at radius 3 is 2.50 bits per heavy atom. The molecular weight excluding hydrogens is 245 g/mol. The number of pyridine rings is 1. The van der Waals surface area contributed by atoms with Crippen LogP contribution in [0.3, 0.4) is 0 Å². The second-order valence-corrected chi connectivity index (χ2v) is 3.88. The number of rotatable bonds is 2. The minimum atomic E-state index is 0.320. The van der Waals surface area contributed by atoms with Gasteiger partial charge < -0.3 is 0 Å². The van der Waals surface area contributed by atoms with Gasteiger partial charge in [-0.15, -0.1) is 0 Å². The van der Waals surface area contributed by atoms with Crippen molar-refractivity contribution in [3.05, 3.63) is 52.1 Å². The molecule has 0 aliphatic carbocycles. The lowest BCUT2D eigenvalue weighted by atomic mass is 10.1. The highest BCUT2D eigenvalue weighted by molar-refractivity contribution is 6.35. The third-order valence-electron chi connectivity index (χ3n) is 2.10. The van der Waals surface area contributed by atoms with Crippen molar-refractivity contribution in [2.45, 2.75) is 0 Å². The smallest absolute Gasteiger partial charge is 0.235 e. The summed E-state index contributed by atoms with van der Waals surface area (Å²) in [5.74, 6) is 0. The summed E-state index contributed by atoms with van der Waals surface area (Å²) in [7, 11) is 0. The molecule has 0 unspecified atom stereocenters. The van der Waals surface area contributed by atoms with Crippen molar-refractivity contribution in [1.82, 2.24) is 4.98 Å². The Morgan fingerprint density at radius 2 is 1.81 bits per heavy atom. The molecule has 4 heteroatoms.